The Bertz CT molecular complexity index is 1160. The molecule has 0 radical (unpaired) electrons. The summed E-state index contributed by atoms with van der Waals surface area (Å²) in [6.07, 6.45) is 4.93. The summed E-state index contributed by atoms with van der Waals surface area (Å²) in [5.74, 6) is 1.31. The van der Waals surface area contributed by atoms with E-state index in [1.807, 2.05) is 56.4 Å². The minimum absolute atomic E-state index is 0.0234. The third-order valence-electron chi connectivity index (χ3n) is 5.86. The van der Waals surface area contributed by atoms with Gasteiger partial charge in [0.2, 0.25) is 0 Å². The topological polar surface area (TPSA) is 99.1 Å². The molecule has 4 rings (SSSR count). The van der Waals surface area contributed by atoms with Gasteiger partial charge in [0.1, 0.15) is 11.5 Å². The molecule has 0 atom stereocenters. The molecule has 0 aliphatic carbocycles. The molecule has 1 fully saturated rings. The molecule has 1 aromatic heterocycles. The molecule has 3 aromatic rings. The summed E-state index contributed by atoms with van der Waals surface area (Å²) in [5.41, 5.74) is 4.91. The largest absolute Gasteiger partial charge is 0.457 e. The second kappa shape index (κ2) is 10.3. The molecule has 0 saturated carbocycles. The van der Waals surface area contributed by atoms with Crippen molar-refractivity contribution < 1.29 is 9.53 Å². The number of piperidine rings is 1. The fraction of sp³-hybridized carbons (Fsp3) is 0.269. The van der Waals surface area contributed by atoms with Gasteiger partial charge in [-0.1, -0.05) is 6.07 Å². The van der Waals surface area contributed by atoms with E-state index in [9.17, 15) is 4.79 Å². The van der Waals surface area contributed by atoms with Crippen molar-refractivity contribution in [1.82, 2.24) is 15.6 Å². The van der Waals surface area contributed by atoms with E-state index in [1.165, 1.54) is 6.21 Å². The van der Waals surface area contributed by atoms with Crippen molar-refractivity contribution >= 4 is 17.8 Å². The number of nitrogens with zero attached hydrogens (tertiary/aromatic N) is 1. The van der Waals surface area contributed by atoms with Gasteiger partial charge in [-0.2, -0.15) is 0 Å². The van der Waals surface area contributed by atoms with E-state index in [2.05, 4.69) is 20.9 Å². The highest BCUT2D eigenvalue weighted by Gasteiger charge is 2.18. The van der Waals surface area contributed by atoms with Crippen LogP contribution in [-0.2, 0) is 0 Å². The lowest BCUT2D eigenvalue weighted by Crippen LogP contribution is -2.42. The minimum Gasteiger partial charge on any atom is -0.457 e. The Balaban J connectivity index is 1.50. The smallest absolute Gasteiger partial charge is 0.251 e. The van der Waals surface area contributed by atoms with Gasteiger partial charge in [-0.3, -0.25) is 9.78 Å². The van der Waals surface area contributed by atoms with Crippen LogP contribution < -0.4 is 20.7 Å². The van der Waals surface area contributed by atoms with Crippen LogP contribution in [0.15, 0.2) is 54.7 Å². The Morgan fingerprint density at radius 1 is 1.12 bits per heavy atom. The summed E-state index contributed by atoms with van der Waals surface area (Å²) < 4.78 is 6.03. The molecule has 1 aliphatic heterocycles. The second-order valence-corrected chi connectivity index (χ2v) is 8.15. The molecule has 1 aliphatic rings. The van der Waals surface area contributed by atoms with Gasteiger partial charge in [-0.05, 0) is 68.8 Å². The first-order valence-corrected chi connectivity index (χ1v) is 11.2. The van der Waals surface area contributed by atoms with Gasteiger partial charge in [0.25, 0.3) is 5.91 Å². The Kier molecular flexibility index (Phi) is 7.00. The van der Waals surface area contributed by atoms with E-state index in [4.69, 9.17) is 10.1 Å². The summed E-state index contributed by atoms with van der Waals surface area (Å²) >= 11 is 0. The van der Waals surface area contributed by atoms with E-state index in [0.29, 0.717) is 17.1 Å². The fourth-order valence-electron chi connectivity index (χ4n) is 4.02. The number of pyridine rings is 1. The van der Waals surface area contributed by atoms with Crippen LogP contribution in [0.1, 0.15) is 34.3 Å². The van der Waals surface area contributed by atoms with Crippen LogP contribution in [0.5, 0.6) is 11.5 Å². The van der Waals surface area contributed by atoms with Crippen molar-refractivity contribution in [3.63, 3.8) is 0 Å². The predicted molar refractivity (Wildman–Crippen MR) is 132 cm³/mol. The van der Waals surface area contributed by atoms with Crippen LogP contribution in [0.4, 0.5) is 5.69 Å². The summed E-state index contributed by atoms with van der Waals surface area (Å²) in [4.78, 5) is 17.2. The van der Waals surface area contributed by atoms with E-state index in [0.717, 1.165) is 54.0 Å². The van der Waals surface area contributed by atoms with Crippen molar-refractivity contribution in [3.8, 4) is 22.8 Å². The Morgan fingerprint density at radius 2 is 1.91 bits per heavy atom. The van der Waals surface area contributed by atoms with E-state index in [-0.39, 0.29) is 11.9 Å². The number of nitrogens with one attached hydrogen (secondary N) is 4. The molecule has 1 amide bonds. The number of carbonyl (C=O) groups is 1. The van der Waals surface area contributed by atoms with Gasteiger partial charge in [-0.15, -0.1) is 0 Å². The van der Waals surface area contributed by atoms with Crippen molar-refractivity contribution in [3.05, 3.63) is 71.4 Å². The van der Waals surface area contributed by atoms with E-state index >= 15 is 0 Å². The number of benzene rings is 2. The average molecular weight is 444 g/mol. The quantitative estimate of drug-likeness (QED) is 0.407. The number of aromatic nitrogens is 1. The number of amides is 1. The normalized spacial score (nSPS) is 13.9. The molecule has 33 heavy (non-hydrogen) atoms. The zero-order valence-corrected chi connectivity index (χ0v) is 18.9. The highest BCUT2D eigenvalue weighted by Crippen LogP contribution is 2.29. The molecule has 7 nitrogen and oxygen atoms in total. The lowest BCUT2D eigenvalue weighted by molar-refractivity contribution is 0.0929. The van der Waals surface area contributed by atoms with Crippen LogP contribution in [-0.4, -0.2) is 43.3 Å². The Morgan fingerprint density at radius 3 is 2.64 bits per heavy atom. The molecule has 0 unspecified atom stereocenters. The molecule has 0 spiro atoms. The molecule has 2 aromatic carbocycles. The molecular weight excluding hydrogens is 414 g/mol. The Hall–Kier alpha value is -3.71. The summed E-state index contributed by atoms with van der Waals surface area (Å²) in [6.45, 7) is 3.83. The molecule has 4 N–H and O–H groups in total. The van der Waals surface area contributed by atoms with E-state index < -0.39 is 0 Å². The molecule has 1 saturated heterocycles. The molecule has 170 valence electrons. The van der Waals surface area contributed by atoms with Crippen LogP contribution >= 0.6 is 0 Å². The van der Waals surface area contributed by atoms with Crippen molar-refractivity contribution in [2.75, 3.05) is 25.5 Å². The van der Waals surface area contributed by atoms with Crippen LogP contribution in [0, 0.1) is 12.3 Å². The van der Waals surface area contributed by atoms with Gasteiger partial charge in [0, 0.05) is 60.0 Å². The van der Waals surface area contributed by atoms with E-state index in [1.54, 1.807) is 12.3 Å². The lowest BCUT2D eigenvalue weighted by Gasteiger charge is -2.24. The van der Waals surface area contributed by atoms with Gasteiger partial charge < -0.3 is 26.1 Å². The maximum atomic E-state index is 12.8. The van der Waals surface area contributed by atoms with Crippen LogP contribution in [0.3, 0.4) is 0 Å². The fourth-order valence-corrected chi connectivity index (χ4v) is 4.02. The van der Waals surface area contributed by atoms with Crippen LogP contribution in [0.2, 0.25) is 0 Å². The molecule has 2 heterocycles. The first-order valence-electron chi connectivity index (χ1n) is 11.2. The summed E-state index contributed by atoms with van der Waals surface area (Å²) in [7, 11) is 1.81. The number of rotatable bonds is 7. The highest BCUT2D eigenvalue weighted by atomic mass is 16.5. The van der Waals surface area contributed by atoms with Crippen molar-refractivity contribution in [2.24, 2.45) is 0 Å². The first-order chi connectivity index (χ1) is 16.1. The predicted octanol–water partition coefficient (Wildman–Crippen LogP) is 4.37. The number of hydrogen-bond donors (Lipinski definition) is 4. The monoisotopic (exact) mass is 443 g/mol. The van der Waals surface area contributed by atoms with Crippen molar-refractivity contribution in [1.29, 1.82) is 5.41 Å². The van der Waals surface area contributed by atoms with Crippen LogP contribution in [0.25, 0.3) is 11.3 Å². The summed E-state index contributed by atoms with van der Waals surface area (Å²) in [6, 6.07) is 15.2. The lowest BCUT2D eigenvalue weighted by atomic mass is 10.0. The standard InChI is InChI=1S/C26H29N5O2/c1-17-13-18(4-6-23(17)26(32)31-20-7-10-29-11-8-20)25-15-22(9-12-30-25)33-21-5-3-19(16-27)24(14-21)28-2/h3-6,9,12-16,20,27-29H,7-8,10-11H2,1-2H3,(H,31,32). The maximum Gasteiger partial charge on any atom is 0.251 e. The third kappa shape index (κ3) is 5.38. The third-order valence-corrected chi connectivity index (χ3v) is 5.86. The van der Waals surface area contributed by atoms with Crippen molar-refractivity contribution in [2.45, 2.75) is 25.8 Å². The first kappa shape index (κ1) is 22.5. The zero-order chi connectivity index (χ0) is 23.2. The zero-order valence-electron chi connectivity index (χ0n) is 18.9. The highest BCUT2D eigenvalue weighted by molar-refractivity contribution is 5.96. The number of hydrogen-bond acceptors (Lipinski definition) is 6. The number of anilines is 1. The SMILES string of the molecule is CNc1cc(Oc2ccnc(-c3ccc(C(=O)NC4CCNCC4)c(C)c3)c2)ccc1C=N. The maximum absolute atomic E-state index is 12.8. The summed E-state index contributed by atoms with van der Waals surface area (Å²) in [5, 5.41) is 17.0. The number of ether oxygens (including phenoxy) is 1. The number of aryl methyl sites for hydroxylation is 1. The second-order valence-electron chi connectivity index (χ2n) is 8.15. The minimum atomic E-state index is -0.0234. The number of carbonyl (C=O) groups excluding carboxylic acids is 1. The average Bonchev–Trinajstić information content (AvgIpc) is 2.84. The van der Waals surface area contributed by atoms with Gasteiger partial charge in [0.05, 0.1) is 5.69 Å². The van der Waals surface area contributed by atoms with Gasteiger partial charge in [0.15, 0.2) is 0 Å². The molecular formula is C26H29N5O2. The molecule has 0 bridgehead atoms. The molecule has 7 heteroatoms. The Labute approximate surface area is 194 Å². The van der Waals surface area contributed by atoms with Gasteiger partial charge in [-0.25, -0.2) is 0 Å². The van der Waals surface area contributed by atoms with Gasteiger partial charge >= 0.3 is 0 Å².